The van der Waals surface area contributed by atoms with Gasteiger partial charge in [0.05, 0.1) is 22.5 Å². The number of aryl methyl sites for hydroxylation is 2. The third-order valence-corrected chi connectivity index (χ3v) is 9.19. The number of benzene rings is 4. The first-order valence-electron chi connectivity index (χ1n) is 17.0. The molecular formula is C42H44N2O2. The average molecular weight is 609 g/mol. The van der Waals surface area contributed by atoms with Gasteiger partial charge in [0.25, 0.3) is 5.91 Å². The topological polar surface area (TPSA) is 65.5 Å². The maximum Gasteiger partial charge on any atom is 0.280 e. The molecule has 0 radical (unpaired) electrons. The first-order chi connectivity index (χ1) is 22.6. The van der Waals surface area contributed by atoms with E-state index in [0.717, 1.165) is 46.2 Å². The van der Waals surface area contributed by atoms with E-state index in [1.54, 1.807) is 0 Å². The van der Waals surface area contributed by atoms with Crippen molar-refractivity contribution in [2.45, 2.75) is 78.1 Å². The minimum Gasteiger partial charge on any atom is -0.494 e. The number of aromatic nitrogens is 1. The number of hydrogen-bond acceptors (Lipinski definition) is 2. The number of rotatable bonds is 14. The zero-order chi connectivity index (χ0) is 31.9. The summed E-state index contributed by atoms with van der Waals surface area (Å²) in [4.78, 5) is 20.7. The molecule has 4 heteroatoms. The van der Waals surface area contributed by atoms with Crippen molar-refractivity contribution in [2.75, 3.05) is 0 Å². The van der Waals surface area contributed by atoms with E-state index in [2.05, 4.69) is 96.6 Å². The number of nitrogens with zero attached hydrogens (tertiary/aromatic N) is 1. The summed E-state index contributed by atoms with van der Waals surface area (Å²) in [5, 5.41) is 11.0. The van der Waals surface area contributed by atoms with Crippen molar-refractivity contribution in [1.82, 2.24) is 4.98 Å². The van der Waals surface area contributed by atoms with E-state index in [9.17, 15) is 9.90 Å². The largest absolute Gasteiger partial charge is 0.494 e. The van der Waals surface area contributed by atoms with Gasteiger partial charge in [0.1, 0.15) is 0 Å². The summed E-state index contributed by atoms with van der Waals surface area (Å²) in [7, 11) is 0. The Kier molecular flexibility index (Phi) is 9.93. The lowest BCUT2D eigenvalue weighted by Crippen LogP contribution is -1.99. The number of carbonyl (C=O) groups is 1. The lowest BCUT2D eigenvalue weighted by atomic mass is 9.96. The lowest BCUT2D eigenvalue weighted by molar-refractivity contribution is 0.101. The van der Waals surface area contributed by atoms with E-state index >= 15 is 0 Å². The monoisotopic (exact) mass is 608 g/mol. The zero-order valence-electron chi connectivity index (χ0n) is 27.1. The molecular weight excluding hydrogens is 564 g/mol. The van der Waals surface area contributed by atoms with Crippen LogP contribution in [-0.4, -0.2) is 21.7 Å². The highest BCUT2D eigenvalue weighted by Crippen LogP contribution is 2.39. The van der Waals surface area contributed by atoms with Crippen LogP contribution < -0.4 is 0 Å². The van der Waals surface area contributed by atoms with Crippen LogP contribution in [0, 0.1) is 0 Å². The molecule has 1 aliphatic rings. The van der Waals surface area contributed by atoms with Crippen LogP contribution in [0.15, 0.2) is 102 Å². The number of H-pyrrole nitrogens is 1. The Labute approximate surface area is 273 Å². The number of aromatic hydroxyl groups is 1. The number of unbranched alkanes of at least 4 members (excludes halogenated alkanes) is 6. The molecule has 5 aromatic rings. The highest BCUT2D eigenvalue weighted by molar-refractivity contribution is 6.30. The molecule has 1 aromatic heterocycles. The van der Waals surface area contributed by atoms with Gasteiger partial charge in [-0.25, -0.2) is 4.99 Å². The Bertz CT molecular complexity index is 1790. The Hall–Kier alpha value is -4.70. The average Bonchev–Trinajstić information content (AvgIpc) is 3.63. The smallest absolute Gasteiger partial charge is 0.280 e. The van der Waals surface area contributed by atoms with Gasteiger partial charge in [0, 0.05) is 5.56 Å². The Morgan fingerprint density at radius 3 is 1.39 bits per heavy atom. The number of hydrogen-bond donors (Lipinski definition) is 2. The summed E-state index contributed by atoms with van der Waals surface area (Å²) >= 11 is 0. The molecule has 2 heterocycles. The molecule has 234 valence electrons. The van der Waals surface area contributed by atoms with Crippen LogP contribution in [0.2, 0.25) is 0 Å². The van der Waals surface area contributed by atoms with E-state index < -0.39 is 0 Å². The summed E-state index contributed by atoms with van der Waals surface area (Å²) in [6.45, 7) is 4.48. The predicted molar refractivity (Wildman–Crippen MR) is 191 cm³/mol. The SMILES string of the molecule is CCCCCCc1ccc(-c2ccc(C3=NC(=O)c4c(-c5ccc(-c6ccc(CCCCCC)cc6)cc5)[nH]c(O)c43)cc2)cc1. The van der Waals surface area contributed by atoms with Crippen LogP contribution in [0.5, 0.6) is 5.88 Å². The van der Waals surface area contributed by atoms with Crippen LogP contribution in [0.25, 0.3) is 33.5 Å². The van der Waals surface area contributed by atoms with E-state index in [1.165, 1.54) is 62.5 Å². The molecule has 1 aliphatic heterocycles. The summed E-state index contributed by atoms with van der Waals surface area (Å²) in [5.74, 6) is -0.374. The molecule has 0 aliphatic carbocycles. The Morgan fingerprint density at radius 2 is 0.935 bits per heavy atom. The molecule has 0 spiro atoms. The van der Waals surface area contributed by atoms with Crippen molar-refractivity contribution in [2.24, 2.45) is 4.99 Å². The van der Waals surface area contributed by atoms with Crippen LogP contribution in [0.3, 0.4) is 0 Å². The van der Waals surface area contributed by atoms with Crippen molar-refractivity contribution < 1.29 is 9.90 Å². The number of nitrogens with one attached hydrogen (secondary N) is 1. The Morgan fingerprint density at radius 1 is 0.522 bits per heavy atom. The number of aromatic amines is 1. The van der Waals surface area contributed by atoms with Crippen LogP contribution in [0.1, 0.15) is 97.8 Å². The molecule has 0 bridgehead atoms. The van der Waals surface area contributed by atoms with E-state index in [-0.39, 0.29) is 11.8 Å². The molecule has 46 heavy (non-hydrogen) atoms. The number of aliphatic imine (C=N–C) groups is 1. The molecule has 0 unspecified atom stereocenters. The summed E-state index contributed by atoms with van der Waals surface area (Å²) < 4.78 is 0. The standard InChI is InChI=1S/C42H44N2O2/c1-3-5-7-9-11-29-13-17-31(18-14-29)33-21-25-35(26-22-33)39-37-38(42(46)43-39)40(44-41(37)45)36-27-23-34(24-28-36)32-19-15-30(16-20-32)12-10-8-6-4-2/h13-28,43,46H,3-12H2,1-2H3. The summed E-state index contributed by atoms with van der Waals surface area (Å²) in [6.07, 6.45) is 12.4. The normalized spacial score (nSPS) is 12.4. The second-order valence-electron chi connectivity index (χ2n) is 12.5. The fraction of sp³-hybridized carbons (Fsp3) is 0.286. The zero-order valence-corrected chi connectivity index (χ0v) is 27.1. The van der Waals surface area contributed by atoms with Gasteiger partial charge in [-0.05, 0) is 64.6 Å². The maximum atomic E-state index is 13.2. The van der Waals surface area contributed by atoms with Gasteiger partial charge in [0.15, 0.2) is 5.88 Å². The van der Waals surface area contributed by atoms with Gasteiger partial charge in [-0.15, -0.1) is 0 Å². The fourth-order valence-corrected chi connectivity index (χ4v) is 6.46. The highest BCUT2D eigenvalue weighted by atomic mass is 16.3. The molecule has 0 fully saturated rings. The lowest BCUT2D eigenvalue weighted by Gasteiger charge is -2.07. The number of fused-ring (bicyclic) bond motifs is 1. The van der Waals surface area contributed by atoms with Crippen molar-refractivity contribution in [3.63, 3.8) is 0 Å². The number of amides is 1. The van der Waals surface area contributed by atoms with Gasteiger partial charge in [-0.1, -0.05) is 149 Å². The molecule has 0 saturated carbocycles. The highest BCUT2D eigenvalue weighted by Gasteiger charge is 2.33. The summed E-state index contributed by atoms with van der Waals surface area (Å²) in [6, 6.07) is 33.8. The quantitative estimate of drug-likeness (QED) is 0.123. The predicted octanol–water partition coefficient (Wildman–Crippen LogP) is 11.0. The third kappa shape index (κ3) is 6.92. The molecule has 1 amide bonds. The molecule has 0 atom stereocenters. The number of carbonyl (C=O) groups excluding carboxylic acids is 1. The van der Waals surface area contributed by atoms with Crippen LogP contribution in [0.4, 0.5) is 0 Å². The first-order valence-corrected chi connectivity index (χ1v) is 17.0. The van der Waals surface area contributed by atoms with Crippen molar-refractivity contribution in [3.8, 4) is 39.4 Å². The first kappa shape index (κ1) is 31.3. The second kappa shape index (κ2) is 14.6. The Balaban J connectivity index is 1.15. The molecule has 4 nitrogen and oxygen atoms in total. The van der Waals surface area contributed by atoms with Crippen LogP contribution in [-0.2, 0) is 12.8 Å². The van der Waals surface area contributed by atoms with Gasteiger partial charge >= 0.3 is 0 Å². The van der Waals surface area contributed by atoms with E-state index in [1.807, 2.05) is 24.3 Å². The van der Waals surface area contributed by atoms with Gasteiger partial charge in [0.2, 0.25) is 0 Å². The summed E-state index contributed by atoms with van der Waals surface area (Å²) in [5.41, 5.74) is 10.9. The maximum absolute atomic E-state index is 13.2. The molecule has 6 rings (SSSR count). The van der Waals surface area contributed by atoms with Crippen LogP contribution >= 0.6 is 0 Å². The molecule has 2 N–H and O–H groups in total. The van der Waals surface area contributed by atoms with Gasteiger partial charge in [-0.2, -0.15) is 0 Å². The third-order valence-electron chi connectivity index (χ3n) is 9.19. The van der Waals surface area contributed by atoms with E-state index in [0.29, 0.717) is 22.5 Å². The van der Waals surface area contributed by atoms with Crippen molar-refractivity contribution in [1.29, 1.82) is 0 Å². The van der Waals surface area contributed by atoms with Crippen molar-refractivity contribution >= 4 is 11.6 Å². The fourth-order valence-electron chi connectivity index (χ4n) is 6.46. The molecule has 0 saturated heterocycles. The molecule has 4 aromatic carbocycles. The van der Waals surface area contributed by atoms with Gasteiger partial charge in [-0.3, -0.25) is 4.79 Å². The second-order valence-corrected chi connectivity index (χ2v) is 12.5. The minimum absolute atomic E-state index is 0.0354. The van der Waals surface area contributed by atoms with Crippen molar-refractivity contribution in [3.05, 3.63) is 125 Å². The minimum atomic E-state index is -0.339. The van der Waals surface area contributed by atoms with Gasteiger partial charge < -0.3 is 10.1 Å². The van der Waals surface area contributed by atoms with E-state index in [4.69, 9.17) is 0 Å².